The number of hydrogen-bond donors (Lipinski definition) is 1. The van der Waals surface area contributed by atoms with Crippen molar-refractivity contribution in [2.24, 2.45) is 5.73 Å². The lowest BCUT2D eigenvalue weighted by Crippen LogP contribution is -2.49. The summed E-state index contributed by atoms with van der Waals surface area (Å²) in [6.45, 7) is 4.37. The monoisotopic (exact) mass is 285 g/mol. The average Bonchev–Trinajstić information content (AvgIpc) is 2.39. The van der Waals surface area contributed by atoms with Crippen molar-refractivity contribution in [1.29, 1.82) is 0 Å². The second-order valence-electron chi connectivity index (χ2n) is 4.55. The van der Waals surface area contributed by atoms with E-state index in [1.807, 2.05) is 0 Å². The fourth-order valence-electron chi connectivity index (χ4n) is 2.19. The zero-order chi connectivity index (χ0) is 13.8. The molecule has 1 saturated heterocycles. The highest BCUT2D eigenvalue weighted by Crippen LogP contribution is 2.19. The Morgan fingerprint density at radius 1 is 1.32 bits per heavy atom. The van der Waals surface area contributed by atoms with Gasteiger partial charge in [-0.05, 0) is 18.2 Å². The summed E-state index contributed by atoms with van der Waals surface area (Å²) < 4.78 is 13.0. The standard InChI is InChI=1S/C13H17ClFN3O/c14-12-9-10(15)1-2-11(12)13(19)18-7-5-17(4-3-16)6-8-18/h1-2,9H,3-8,16H2. The van der Waals surface area contributed by atoms with Crippen LogP contribution in [0.3, 0.4) is 0 Å². The third kappa shape index (κ3) is 3.43. The molecular weight excluding hydrogens is 269 g/mol. The van der Waals surface area contributed by atoms with Crippen molar-refractivity contribution in [3.05, 3.63) is 34.6 Å². The normalized spacial score (nSPS) is 16.7. The van der Waals surface area contributed by atoms with E-state index in [1.54, 1.807) is 4.90 Å². The van der Waals surface area contributed by atoms with Crippen LogP contribution < -0.4 is 5.73 Å². The molecule has 0 aliphatic carbocycles. The molecule has 0 unspecified atom stereocenters. The van der Waals surface area contributed by atoms with Gasteiger partial charge in [-0.15, -0.1) is 0 Å². The average molecular weight is 286 g/mol. The fourth-order valence-corrected chi connectivity index (χ4v) is 2.44. The smallest absolute Gasteiger partial charge is 0.255 e. The molecule has 1 amide bonds. The first-order valence-corrected chi connectivity index (χ1v) is 6.66. The molecule has 1 aromatic rings. The van der Waals surface area contributed by atoms with E-state index in [0.717, 1.165) is 19.6 Å². The van der Waals surface area contributed by atoms with Gasteiger partial charge in [0.25, 0.3) is 5.91 Å². The lowest BCUT2D eigenvalue weighted by molar-refractivity contribution is 0.0641. The van der Waals surface area contributed by atoms with Crippen LogP contribution >= 0.6 is 11.6 Å². The summed E-state index contributed by atoms with van der Waals surface area (Å²) in [5, 5.41) is 0.161. The highest BCUT2D eigenvalue weighted by atomic mass is 35.5. The summed E-state index contributed by atoms with van der Waals surface area (Å²) in [6.07, 6.45) is 0. The zero-order valence-electron chi connectivity index (χ0n) is 10.6. The van der Waals surface area contributed by atoms with Gasteiger partial charge in [0, 0.05) is 39.3 Å². The predicted molar refractivity (Wildman–Crippen MR) is 72.8 cm³/mol. The van der Waals surface area contributed by atoms with Crippen LogP contribution in [0.4, 0.5) is 4.39 Å². The second kappa shape index (κ2) is 6.32. The van der Waals surface area contributed by atoms with E-state index >= 15 is 0 Å². The molecule has 2 N–H and O–H groups in total. The Bertz CT molecular complexity index is 461. The van der Waals surface area contributed by atoms with Crippen LogP contribution in [0.2, 0.25) is 5.02 Å². The summed E-state index contributed by atoms with van der Waals surface area (Å²) in [6, 6.07) is 3.86. The number of halogens is 2. The van der Waals surface area contributed by atoms with E-state index < -0.39 is 5.82 Å². The number of nitrogens with zero attached hydrogens (tertiary/aromatic N) is 2. The summed E-state index contributed by atoms with van der Waals surface area (Å²) in [5.74, 6) is -0.577. The molecule has 4 nitrogen and oxygen atoms in total. The van der Waals surface area contributed by atoms with Crippen molar-refractivity contribution >= 4 is 17.5 Å². The third-order valence-corrected chi connectivity index (χ3v) is 3.58. The molecule has 0 atom stereocenters. The molecule has 0 spiro atoms. The van der Waals surface area contributed by atoms with Crippen LogP contribution in [0.25, 0.3) is 0 Å². The van der Waals surface area contributed by atoms with Crippen LogP contribution in [-0.2, 0) is 0 Å². The van der Waals surface area contributed by atoms with E-state index in [-0.39, 0.29) is 10.9 Å². The van der Waals surface area contributed by atoms with Crippen molar-refractivity contribution < 1.29 is 9.18 Å². The molecule has 19 heavy (non-hydrogen) atoms. The van der Waals surface area contributed by atoms with Gasteiger partial charge in [0.05, 0.1) is 10.6 Å². The third-order valence-electron chi connectivity index (χ3n) is 3.27. The van der Waals surface area contributed by atoms with Crippen molar-refractivity contribution in [3.63, 3.8) is 0 Å². The molecule has 0 aromatic heterocycles. The van der Waals surface area contributed by atoms with E-state index in [4.69, 9.17) is 17.3 Å². The lowest BCUT2D eigenvalue weighted by Gasteiger charge is -2.34. The number of rotatable bonds is 3. The molecule has 0 saturated carbocycles. The van der Waals surface area contributed by atoms with E-state index in [2.05, 4.69) is 4.90 Å². The molecule has 2 rings (SSSR count). The minimum absolute atomic E-state index is 0.141. The minimum Gasteiger partial charge on any atom is -0.336 e. The molecular formula is C13H17ClFN3O. The first-order valence-electron chi connectivity index (χ1n) is 6.28. The highest BCUT2D eigenvalue weighted by molar-refractivity contribution is 6.33. The summed E-state index contributed by atoms with van der Waals surface area (Å²) in [5.41, 5.74) is 5.86. The van der Waals surface area contributed by atoms with E-state index in [0.29, 0.717) is 25.2 Å². The van der Waals surface area contributed by atoms with Gasteiger partial charge in [-0.3, -0.25) is 9.69 Å². The van der Waals surface area contributed by atoms with Crippen LogP contribution in [0.1, 0.15) is 10.4 Å². The van der Waals surface area contributed by atoms with Gasteiger partial charge in [0.15, 0.2) is 0 Å². The van der Waals surface area contributed by atoms with Gasteiger partial charge < -0.3 is 10.6 Å². The Labute approximate surface area is 116 Å². The Balaban J connectivity index is 2.01. The SMILES string of the molecule is NCCN1CCN(C(=O)c2ccc(F)cc2Cl)CC1. The van der Waals surface area contributed by atoms with Crippen molar-refractivity contribution in [3.8, 4) is 0 Å². The minimum atomic E-state index is -0.436. The van der Waals surface area contributed by atoms with Crippen molar-refractivity contribution in [2.45, 2.75) is 0 Å². The summed E-state index contributed by atoms with van der Waals surface area (Å²) in [7, 11) is 0. The number of piperazine rings is 1. The Kier molecular flexibility index (Phi) is 4.74. The van der Waals surface area contributed by atoms with Gasteiger partial charge >= 0.3 is 0 Å². The van der Waals surface area contributed by atoms with Crippen LogP contribution in [0.15, 0.2) is 18.2 Å². The van der Waals surface area contributed by atoms with E-state index in [1.165, 1.54) is 18.2 Å². The van der Waals surface area contributed by atoms with Gasteiger partial charge in [-0.25, -0.2) is 4.39 Å². The quantitative estimate of drug-likeness (QED) is 0.908. The molecule has 1 aliphatic heterocycles. The van der Waals surface area contributed by atoms with Gasteiger partial charge in [0.2, 0.25) is 0 Å². The number of carbonyl (C=O) groups excluding carboxylic acids is 1. The maximum atomic E-state index is 13.0. The maximum absolute atomic E-state index is 13.0. The topological polar surface area (TPSA) is 49.6 Å². The van der Waals surface area contributed by atoms with Gasteiger partial charge in [0.1, 0.15) is 5.82 Å². The zero-order valence-corrected chi connectivity index (χ0v) is 11.4. The molecule has 6 heteroatoms. The predicted octanol–water partition coefficient (Wildman–Crippen LogP) is 1.20. The van der Waals surface area contributed by atoms with Gasteiger partial charge in [-0.2, -0.15) is 0 Å². The molecule has 1 fully saturated rings. The molecule has 1 aromatic carbocycles. The van der Waals surface area contributed by atoms with Crippen molar-refractivity contribution in [1.82, 2.24) is 9.80 Å². The molecule has 1 heterocycles. The van der Waals surface area contributed by atoms with E-state index in [9.17, 15) is 9.18 Å². The Hall–Kier alpha value is -1.17. The fraction of sp³-hybridized carbons (Fsp3) is 0.462. The number of carbonyl (C=O) groups is 1. The number of hydrogen-bond acceptors (Lipinski definition) is 3. The molecule has 1 aliphatic rings. The molecule has 104 valence electrons. The summed E-state index contributed by atoms with van der Waals surface area (Å²) in [4.78, 5) is 16.2. The summed E-state index contributed by atoms with van der Waals surface area (Å²) >= 11 is 5.91. The number of benzene rings is 1. The second-order valence-corrected chi connectivity index (χ2v) is 4.95. The number of amides is 1. The Morgan fingerprint density at radius 2 is 2.00 bits per heavy atom. The Morgan fingerprint density at radius 3 is 2.58 bits per heavy atom. The van der Waals surface area contributed by atoms with Gasteiger partial charge in [-0.1, -0.05) is 11.6 Å². The van der Waals surface area contributed by atoms with Crippen LogP contribution in [0, 0.1) is 5.82 Å². The van der Waals surface area contributed by atoms with Crippen LogP contribution in [-0.4, -0.2) is 55.0 Å². The van der Waals surface area contributed by atoms with Crippen LogP contribution in [0.5, 0.6) is 0 Å². The maximum Gasteiger partial charge on any atom is 0.255 e. The molecule has 0 radical (unpaired) electrons. The highest BCUT2D eigenvalue weighted by Gasteiger charge is 2.23. The first kappa shape index (κ1) is 14.2. The van der Waals surface area contributed by atoms with Crippen molar-refractivity contribution in [2.75, 3.05) is 39.3 Å². The largest absolute Gasteiger partial charge is 0.336 e. The first-order chi connectivity index (χ1) is 9.11. The lowest BCUT2D eigenvalue weighted by atomic mass is 10.1. The molecule has 0 bridgehead atoms. The number of nitrogens with two attached hydrogens (primary N) is 1.